The predicted molar refractivity (Wildman–Crippen MR) is 234 cm³/mol. The lowest BCUT2D eigenvalue weighted by molar-refractivity contribution is 0.0697. The van der Waals surface area contributed by atoms with Crippen molar-refractivity contribution in [1.82, 2.24) is 0 Å². The molecule has 0 bridgehead atoms. The molecule has 0 radical (unpaired) electrons. The highest BCUT2D eigenvalue weighted by molar-refractivity contribution is 14.1. The Morgan fingerprint density at radius 2 is 0.913 bits per heavy atom. The molecule has 0 atom stereocenters. The molecule has 4 aromatic carbocycles. The number of aromatic hydroxyl groups is 1. The van der Waals surface area contributed by atoms with E-state index >= 15 is 0 Å². The molecule has 0 amide bonds. The van der Waals surface area contributed by atoms with Gasteiger partial charge >= 0.3 is 17.9 Å². The quantitative estimate of drug-likeness (QED) is 0.0793. The van der Waals surface area contributed by atoms with Crippen LogP contribution in [0.15, 0.2) is 53.4 Å². The van der Waals surface area contributed by atoms with Crippen molar-refractivity contribution in [2.45, 2.75) is 4.90 Å². The van der Waals surface area contributed by atoms with Gasteiger partial charge in [0.05, 0.1) is 16.7 Å². The normalized spacial score (nSPS) is 11.2. The zero-order chi connectivity index (χ0) is 34.2. The molecule has 240 valence electrons. The lowest BCUT2D eigenvalue weighted by atomic mass is 10.1. The first kappa shape index (κ1) is 39.6. The van der Waals surface area contributed by atoms with Crippen molar-refractivity contribution >= 4 is 209 Å². The summed E-state index contributed by atoms with van der Waals surface area (Å²) in [6.45, 7) is 0. The van der Waals surface area contributed by atoms with Gasteiger partial charge in [0.1, 0.15) is 10.6 Å². The van der Waals surface area contributed by atoms with E-state index in [4.69, 9.17) is 14.2 Å². The number of carbonyl (C=O) groups is 3. The molecule has 0 aromatic heterocycles. The summed E-state index contributed by atoms with van der Waals surface area (Å²) in [5.41, 5.74) is 0.170. The Bertz CT molecular complexity index is 1910. The van der Waals surface area contributed by atoms with Crippen LogP contribution in [0.4, 0.5) is 0 Å². The van der Waals surface area contributed by atoms with Crippen LogP contribution in [0.1, 0.15) is 31.1 Å². The van der Waals surface area contributed by atoms with Gasteiger partial charge in [0.15, 0.2) is 11.5 Å². The standard InChI is InChI=1S/C27H10I8O10S/c28-10-3-13(30)21(14(31)4-10)26(38)44-19-1-9(25(37)43-12-7-17(34)24(18(35)8-12)46(40,41)42)2-20(23(19)36)45-27(39)22-15(32)5-11(29)6-16(22)33/h1-8,36H,(H,40,41,42). The van der Waals surface area contributed by atoms with E-state index in [0.717, 1.165) is 19.3 Å². The molecule has 0 fully saturated rings. The molecular weight excluding hydrogens is 1530 g/mol. The largest absolute Gasteiger partial charge is 0.502 e. The molecule has 19 heteroatoms. The maximum atomic E-state index is 13.4. The summed E-state index contributed by atoms with van der Waals surface area (Å²) in [7, 11) is -4.55. The number of carbonyl (C=O) groups excluding carboxylic acids is 3. The molecule has 0 unspecified atom stereocenters. The fourth-order valence-electron chi connectivity index (χ4n) is 3.64. The lowest BCUT2D eigenvalue weighted by Gasteiger charge is -2.15. The van der Waals surface area contributed by atoms with Crippen LogP contribution in [-0.2, 0) is 10.1 Å². The first-order chi connectivity index (χ1) is 21.4. The molecule has 0 saturated carbocycles. The van der Waals surface area contributed by atoms with Crippen LogP contribution in [0.2, 0.25) is 0 Å². The molecule has 0 aliphatic carbocycles. The Hall–Kier alpha value is 0.840. The van der Waals surface area contributed by atoms with Crippen molar-refractivity contribution in [1.29, 1.82) is 0 Å². The van der Waals surface area contributed by atoms with Gasteiger partial charge in [0, 0.05) is 28.6 Å². The molecule has 2 N–H and O–H groups in total. The molecular formula is C27H10I8O10S. The second-order valence-corrected chi connectivity index (χ2v) is 19.5. The van der Waals surface area contributed by atoms with Gasteiger partial charge in [-0.15, -0.1) is 0 Å². The molecule has 10 nitrogen and oxygen atoms in total. The Labute approximate surface area is 370 Å². The number of hydrogen-bond acceptors (Lipinski definition) is 9. The first-order valence-corrected chi connectivity index (χ1v) is 21.7. The van der Waals surface area contributed by atoms with Crippen LogP contribution in [0, 0.1) is 28.6 Å². The summed E-state index contributed by atoms with van der Waals surface area (Å²) in [6.07, 6.45) is 0. The summed E-state index contributed by atoms with van der Waals surface area (Å²) < 4.78 is 53.9. The van der Waals surface area contributed by atoms with Gasteiger partial charge in [-0.3, -0.25) is 4.55 Å². The minimum atomic E-state index is -4.55. The van der Waals surface area contributed by atoms with Crippen LogP contribution in [0.3, 0.4) is 0 Å². The molecule has 0 saturated heterocycles. The zero-order valence-corrected chi connectivity index (χ0v) is 39.8. The van der Waals surface area contributed by atoms with E-state index in [1.54, 1.807) is 69.4 Å². The summed E-state index contributed by atoms with van der Waals surface area (Å²) in [5, 5.41) is 11.1. The van der Waals surface area contributed by atoms with Crippen LogP contribution < -0.4 is 14.2 Å². The number of esters is 3. The van der Waals surface area contributed by atoms with Gasteiger partial charge in [-0.1, -0.05) is 0 Å². The number of benzene rings is 4. The van der Waals surface area contributed by atoms with Crippen molar-refractivity contribution in [3.8, 4) is 23.0 Å². The second-order valence-electron chi connectivity index (χ2n) is 8.67. The van der Waals surface area contributed by atoms with Gasteiger partial charge in [-0.05, 0) is 229 Å². The maximum Gasteiger partial charge on any atom is 0.345 e. The molecule has 0 aliphatic heterocycles. The lowest BCUT2D eigenvalue weighted by Crippen LogP contribution is -2.16. The van der Waals surface area contributed by atoms with E-state index in [9.17, 15) is 32.5 Å². The average molecular weight is 1540 g/mol. The van der Waals surface area contributed by atoms with Gasteiger partial charge in [0.25, 0.3) is 10.1 Å². The first-order valence-electron chi connectivity index (χ1n) is 11.7. The number of rotatable bonds is 7. The fraction of sp³-hybridized carbons (Fsp3) is 0. The smallest absolute Gasteiger partial charge is 0.345 e. The Balaban J connectivity index is 1.78. The van der Waals surface area contributed by atoms with E-state index in [2.05, 4.69) is 45.2 Å². The third-order valence-corrected chi connectivity index (χ3v) is 13.6. The minimum absolute atomic E-state index is 0.0673. The summed E-state index contributed by atoms with van der Waals surface area (Å²) in [6, 6.07) is 11.6. The maximum absolute atomic E-state index is 13.4. The number of phenols is 1. The molecule has 0 spiro atoms. The van der Waals surface area contributed by atoms with Crippen molar-refractivity contribution < 1.29 is 46.7 Å². The van der Waals surface area contributed by atoms with E-state index in [0.29, 0.717) is 14.3 Å². The van der Waals surface area contributed by atoms with Gasteiger partial charge in [-0.2, -0.15) is 8.42 Å². The summed E-state index contributed by atoms with van der Waals surface area (Å²) >= 11 is 15.5. The molecule has 46 heavy (non-hydrogen) atoms. The number of phenolic OH excluding ortho intramolecular Hbond substituents is 1. The molecule has 4 aromatic rings. The third kappa shape index (κ3) is 9.58. The van der Waals surface area contributed by atoms with Crippen LogP contribution >= 0.6 is 181 Å². The number of ether oxygens (including phenoxy) is 3. The highest BCUT2D eigenvalue weighted by atomic mass is 127. The number of halogens is 8. The second kappa shape index (κ2) is 16.5. The molecule has 4 rings (SSSR count). The van der Waals surface area contributed by atoms with Gasteiger partial charge in [0.2, 0.25) is 5.75 Å². The predicted octanol–water partition coefficient (Wildman–Crippen LogP) is 9.13. The monoisotopic (exact) mass is 1540 g/mol. The average Bonchev–Trinajstić information content (AvgIpc) is 2.88. The summed E-state index contributed by atoms with van der Waals surface area (Å²) in [5.74, 6) is -4.44. The Morgan fingerprint density at radius 1 is 0.543 bits per heavy atom. The molecule has 0 aliphatic rings. The van der Waals surface area contributed by atoms with E-state index in [-0.39, 0.29) is 34.5 Å². The summed E-state index contributed by atoms with van der Waals surface area (Å²) in [4.78, 5) is 39.7. The Kier molecular flexibility index (Phi) is 14.2. The fourth-order valence-corrected chi connectivity index (χ4v) is 15.7. The van der Waals surface area contributed by atoms with Crippen molar-refractivity contribution in [3.63, 3.8) is 0 Å². The highest BCUT2D eigenvalue weighted by Crippen LogP contribution is 2.40. The van der Waals surface area contributed by atoms with Crippen LogP contribution in [0.25, 0.3) is 0 Å². The number of hydrogen-bond donors (Lipinski definition) is 2. The van der Waals surface area contributed by atoms with Crippen molar-refractivity contribution in [3.05, 3.63) is 93.8 Å². The van der Waals surface area contributed by atoms with E-state index in [1.807, 2.05) is 90.4 Å². The van der Waals surface area contributed by atoms with Crippen molar-refractivity contribution in [2.24, 2.45) is 0 Å². The van der Waals surface area contributed by atoms with Gasteiger partial charge < -0.3 is 19.3 Å². The van der Waals surface area contributed by atoms with Crippen LogP contribution in [0.5, 0.6) is 23.0 Å². The highest BCUT2D eigenvalue weighted by Gasteiger charge is 2.27. The van der Waals surface area contributed by atoms with Crippen LogP contribution in [-0.4, -0.2) is 36.0 Å². The van der Waals surface area contributed by atoms with Gasteiger partial charge in [-0.25, -0.2) is 14.4 Å². The topological polar surface area (TPSA) is 154 Å². The third-order valence-electron chi connectivity index (χ3n) is 5.54. The minimum Gasteiger partial charge on any atom is -0.502 e. The Morgan fingerprint density at radius 3 is 1.26 bits per heavy atom. The van der Waals surface area contributed by atoms with E-state index in [1.165, 1.54) is 12.1 Å². The SMILES string of the molecule is O=C(Oc1cc(I)c(S(=O)(=O)O)c(I)c1)c1cc(OC(=O)c2c(I)cc(I)cc2I)c(O)c(OC(=O)c2c(I)cc(I)cc2I)c1. The zero-order valence-electron chi connectivity index (χ0n) is 21.7. The van der Waals surface area contributed by atoms with Crippen molar-refractivity contribution in [2.75, 3.05) is 0 Å². The molecule has 0 heterocycles. The van der Waals surface area contributed by atoms with E-state index < -0.39 is 45.3 Å².